The van der Waals surface area contributed by atoms with Crippen LogP contribution in [-0.2, 0) is 9.53 Å². The summed E-state index contributed by atoms with van der Waals surface area (Å²) in [5.41, 5.74) is 6.18. The Bertz CT molecular complexity index is 359. The zero-order chi connectivity index (χ0) is 10.7. The number of carbonyl (C=O) groups is 1. The lowest BCUT2D eigenvalue weighted by molar-refractivity contribution is -0.142. The third-order valence-electron chi connectivity index (χ3n) is 1.79. The van der Waals surface area contributed by atoms with Crippen LogP contribution in [0.15, 0.2) is 22.7 Å². The first-order valence-corrected chi connectivity index (χ1v) is 4.67. The second kappa shape index (κ2) is 5.95. The molecule has 6 heteroatoms. The van der Waals surface area contributed by atoms with Crippen LogP contribution in [-0.4, -0.2) is 18.2 Å². The molecule has 0 bridgehead atoms. The molecule has 0 heterocycles. The minimum Gasteiger partial charge on any atom is -0.507 e. The Labute approximate surface area is 102 Å². The molecule has 0 aliphatic carbocycles. The minimum absolute atomic E-state index is 0. The molecule has 0 saturated heterocycles. The predicted molar refractivity (Wildman–Crippen MR) is 62.0 cm³/mol. The molecule has 0 aromatic heterocycles. The summed E-state index contributed by atoms with van der Waals surface area (Å²) in [6.07, 6.45) is 0. The molecule has 0 aliphatic rings. The highest BCUT2D eigenvalue weighted by atomic mass is 79.9. The standard InChI is InChI=1S/C9H10BrNO3.ClH/c1-14-9(13)8(11)5-2-3-7(12)6(10)4-5;/h2-4,8,12H,11H2,1H3;1H. The van der Waals surface area contributed by atoms with Crippen molar-refractivity contribution in [3.63, 3.8) is 0 Å². The van der Waals surface area contributed by atoms with Crippen molar-refractivity contribution in [1.82, 2.24) is 0 Å². The largest absolute Gasteiger partial charge is 0.507 e. The Morgan fingerprint density at radius 3 is 2.67 bits per heavy atom. The lowest BCUT2D eigenvalue weighted by Gasteiger charge is -2.10. The van der Waals surface area contributed by atoms with E-state index in [-0.39, 0.29) is 18.2 Å². The molecule has 0 aliphatic heterocycles. The summed E-state index contributed by atoms with van der Waals surface area (Å²) in [6, 6.07) is 3.79. The van der Waals surface area contributed by atoms with E-state index < -0.39 is 12.0 Å². The summed E-state index contributed by atoms with van der Waals surface area (Å²) in [5, 5.41) is 9.22. The fraction of sp³-hybridized carbons (Fsp3) is 0.222. The number of hydrogen-bond acceptors (Lipinski definition) is 4. The summed E-state index contributed by atoms with van der Waals surface area (Å²) in [7, 11) is 1.28. The molecular weight excluding hydrogens is 285 g/mol. The maximum atomic E-state index is 11.1. The smallest absolute Gasteiger partial charge is 0.327 e. The van der Waals surface area contributed by atoms with Crippen molar-refractivity contribution in [3.05, 3.63) is 28.2 Å². The van der Waals surface area contributed by atoms with E-state index in [4.69, 9.17) is 5.73 Å². The minimum atomic E-state index is -0.822. The Kier molecular flexibility index (Phi) is 5.64. The lowest BCUT2D eigenvalue weighted by atomic mass is 10.1. The van der Waals surface area contributed by atoms with Crippen molar-refractivity contribution in [2.75, 3.05) is 7.11 Å². The molecule has 1 rings (SSSR count). The Hall–Kier alpha value is -0.780. The van der Waals surface area contributed by atoms with E-state index in [1.54, 1.807) is 12.1 Å². The fourth-order valence-corrected chi connectivity index (χ4v) is 1.38. The zero-order valence-corrected chi connectivity index (χ0v) is 10.3. The van der Waals surface area contributed by atoms with Crippen molar-refractivity contribution < 1.29 is 14.6 Å². The van der Waals surface area contributed by atoms with Gasteiger partial charge in [0.1, 0.15) is 11.8 Å². The molecule has 0 saturated carbocycles. The van der Waals surface area contributed by atoms with Gasteiger partial charge in [-0.1, -0.05) is 6.07 Å². The fourth-order valence-electron chi connectivity index (χ4n) is 0.980. The summed E-state index contributed by atoms with van der Waals surface area (Å²) in [5.74, 6) is -0.409. The highest BCUT2D eigenvalue weighted by Gasteiger charge is 2.16. The van der Waals surface area contributed by atoms with Gasteiger partial charge in [0.25, 0.3) is 0 Å². The molecule has 0 fully saturated rings. The van der Waals surface area contributed by atoms with E-state index >= 15 is 0 Å². The number of aromatic hydroxyl groups is 1. The topological polar surface area (TPSA) is 72.5 Å². The molecule has 0 amide bonds. The molecule has 1 aromatic carbocycles. The number of phenols is 1. The monoisotopic (exact) mass is 295 g/mol. The SMILES string of the molecule is COC(=O)C(N)c1ccc(O)c(Br)c1.Cl. The van der Waals surface area contributed by atoms with Gasteiger partial charge in [0, 0.05) is 0 Å². The summed E-state index contributed by atoms with van der Waals surface area (Å²) < 4.78 is 4.99. The molecular formula is C9H11BrClNO3. The maximum Gasteiger partial charge on any atom is 0.327 e. The van der Waals surface area contributed by atoms with E-state index in [0.29, 0.717) is 10.0 Å². The van der Waals surface area contributed by atoms with Gasteiger partial charge < -0.3 is 15.6 Å². The van der Waals surface area contributed by atoms with Crippen LogP contribution in [0.5, 0.6) is 5.75 Å². The van der Waals surface area contributed by atoms with Gasteiger partial charge in [0.2, 0.25) is 0 Å². The first kappa shape index (κ1) is 14.2. The van der Waals surface area contributed by atoms with Gasteiger partial charge in [0.15, 0.2) is 0 Å². The van der Waals surface area contributed by atoms with E-state index in [1.165, 1.54) is 13.2 Å². The van der Waals surface area contributed by atoms with Crippen LogP contribution in [0.25, 0.3) is 0 Å². The third kappa shape index (κ3) is 3.37. The average molecular weight is 297 g/mol. The van der Waals surface area contributed by atoms with Crippen LogP contribution in [0.3, 0.4) is 0 Å². The zero-order valence-electron chi connectivity index (χ0n) is 7.94. The molecule has 1 atom stereocenters. The number of rotatable bonds is 2. The van der Waals surface area contributed by atoms with Crippen molar-refractivity contribution >= 4 is 34.3 Å². The molecule has 1 aromatic rings. The van der Waals surface area contributed by atoms with Gasteiger partial charge in [0.05, 0.1) is 11.6 Å². The predicted octanol–water partition coefficient (Wildman–Crippen LogP) is 1.75. The van der Waals surface area contributed by atoms with E-state index in [0.717, 1.165) is 0 Å². The van der Waals surface area contributed by atoms with Crippen LogP contribution in [0, 0.1) is 0 Å². The van der Waals surface area contributed by atoms with E-state index in [2.05, 4.69) is 20.7 Å². The van der Waals surface area contributed by atoms with Crippen LogP contribution in [0.1, 0.15) is 11.6 Å². The van der Waals surface area contributed by atoms with Gasteiger partial charge in [-0.2, -0.15) is 0 Å². The average Bonchev–Trinajstić information content (AvgIpc) is 2.20. The number of esters is 1. The molecule has 0 spiro atoms. The van der Waals surface area contributed by atoms with Crippen molar-refractivity contribution in [2.24, 2.45) is 5.73 Å². The van der Waals surface area contributed by atoms with E-state index in [9.17, 15) is 9.90 Å². The molecule has 0 radical (unpaired) electrons. The first-order chi connectivity index (χ1) is 6.56. The number of ether oxygens (including phenoxy) is 1. The second-order valence-electron chi connectivity index (χ2n) is 2.71. The Balaban J connectivity index is 0.00000196. The quantitative estimate of drug-likeness (QED) is 0.816. The first-order valence-electron chi connectivity index (χ1n) is 3.88. The van der Waals surface area contributed by atoms with Crippen molar-refractivity contribution in [2.45, 2.75) is 6.04 Å². The van der Waals surface area contributed by atoms with Crippen LogP contribution >= 0.6 is 28.3 Å². The number of halogens is 2. The lowest BCUT2D eigenvalue weighted by Crippen LogP contribution is -2.22. The highest BCUT2D eigenvalue weighted by Crippen LogP contribution is 2.26. The number of carbonyl (C=O) groups excluding carboxylic acids is 1. The molecule has 4 nitrogen and oxygen atoms in total. The van der Waals surface area contributed by atoms with E-state index in [1.807, 2.05) is 0 Å². The summed E-state index contributed by atoms with van der Waals surface area (Å²) in [4.78, 5) is 11.1. The van der Waals surface area contributed by atoms with Crippen LogP contribution in [0.4, 0.5) is 0 Å². The van der Waals surface area contributed by atoms with Gasteiger partial charge in [-0.3, -0.25) is 4.79 Å². The molecule has 15 heavy (non-hydrogen) atoms. The Morgan fingerprint density at radius 2 is 2.20 bits per heavy atom. The van der Waals surface area contributed by atoms with Gasteiger partial charge in [-0.25, -0.2) is 0 Å². The number of benzene rings is 1. The normalized spacial score (nSPS) is 11.4. The molecule has 3 N–H and O–H groups in total. The molecule has 84 valence electrons. The summed E-state index contributed by atoms with van der Waals surface area (Å²) >= 11 is 3.13. The summed E-state index contributed by atoms with van der Waals surface area (Å²) in [6.45, 7) is 0. The van der Waals surface area contributed by atoms with Crippen LogP contribution in [0.2, 0.25) is 0 Å². The van der Waals surface area contributed by atoms with Gasteiger partial charge in [-0.05, 0) is 33.6 Å². The highest BCUT2D eigenvalue weighted by molar-refractivity contribution is 9.10. The van der Waals surface area contributed by atoms with Gasteiger partial charge in [-0.15, -0.1) is 12.4 Å². The molecule has 1 unspecified atom stereocenters. The number of phenolic OH excluding ortho intramolecular Hbond substituents is 1. The number of nitrogens with two attached hydrogens (primary N) is 1. The van der Waals surface area contributed by atoms with Crippen molar-refractivity contribution in [1.29, 1.82) is 0 Å². The third-order valence-corrected chi connectivity index (χ3v) is 2.42. The van der Waals surface area contributed by atoms with Crippen LogP contribution < -0.4 is 5.73 Å². The number of hydrogen-bond donors (Lipinski definition) is 2. The number of methoxy groups -OCH3 is 1. The maximum absolute atomic E-state index is 11.1. The second-order valence-corrected chi connectivity index (χ2v) is 3.57. The van der Waals surface area contributed by atoms with Crippen molar-refractivity contribution in [3.8, 4) is 5.75 Å². The Morgan fingerprint density at radius 1 is 1.60 bits per heavy atom. The van der Waals surface area contributed by atoms with Gasteiger partial charge >= 0.3 is 5.97 Å².